The maximum absolute atomic E-state index is 8.85. The third kappa shape index (κ3) is 2.59. The zero-order valence-electron chi connectivity index (χ0n) is 9.12. The highest BCUT2D eigenvalue weighted by atomic mass is 35.5. The zero-order chi connectivity index (χ0) is 13.1. The van der Waals surface area contributed by atoms with Gasteiger partial charge < -0.3 is 0 Å². The topological polar surface area (TPSA) is 36.7 Å². The molecule has 90 valence electrons. The van der Waals surface area contributed by atoms with Crippen LogP contribution in [0.1, 0.15) is 5.56 Å². The van der Waals surface area contributed by atoms with Crippen LogP contribution in [-0.4, -0.2) is 4.98 Å². The number of rotatable bonds is 2. The molecule has 0 amide bonds. The van der Waals surface area contributed by atoms with Gasteiger partial charge in [0.05, 0.1) is 17.5 Å². The van der Waals surface area contributed by atoms with Crippen LogP contribution in [0.5, 0.6) is 0 Å². The molecule has 0 atom stereocenters. The van der Waals surface area contributed by atoms with E-state index in [0.717, 1.165) is 16.7 Å². The molecule has 0 spiro atoms. The summed E-state index contributed by atoms with van der Waals surface area (Å²) in [5, 5.41) is 10.4. The first-order valence-electron chi connectivity index (χ1n) is 5.08. The first-order chi connectivity index (χ1) is 8.63. The quantitative estimate of drug-likeness (QED) is 0.800. The Kier molecular flexibility index (Phi) is 4.08. The van der Waals surface area contributed by atoms with Gasteiger partial charge in [0.2, 0.25) is 0 Å². The Morgan fingerprint density at radius 3 is 2.50 bits per heavy atom. The lowest BCUT2D eigenvalue weighted by molar-refractivity contribution is 1.21. The smallest absolute Gasteiger partial charge is 0.0670 e. The molecule has 0 bridgehead atoms. The monoisotopic (exact) mass is 296 g/mol. The van der Waals surface area contributed by atoms with E-state index < -0.39 is 0 Å². The van der Waals surface area contributed by atoms with Crippen LogP contribution in [0.25, 0.3) is 11.1 Å². The standard InChI is InChI=1S/C13H7Cl3N2/c14-8-1-2-9(12(15)5-8)11-6-18-7-13(16)10(11)3-4-17/h1-2,5-7H,3H2. The van der Waals surface area contributed by atoms with Gasteiger partial charge in [0, 0.05) is 33.6 Å². The molecule has 2 aromatic rings. The second kappa shape index (κ2) is 5.58. The predicted octanol–water partition coefficient (Wildman–Crippen LogP) is 4.77. The number of nitrogens with zero attached hydrogens (tertiary/aromatic N) is 2. The average Bonchev–Trinajstić information content (AvgIpc) is 2.32. The van der Waals surface area contributed by atoms with Gasteiger partial charge in [-0.15, -0.1) is 0 Å². The molecular formula is C13H7Cl3N2. The molecule has 2 nitrogen and oxygen atoms in total. The fraction of sp³-hybridized carbons (Fsp3) is 0.0769. The molecule has 1 aromatic carbocycles. The molecule has 0 N–H and O–H groups in total. The minimum absolute atomic E-state index is 0.204. The minimum atomic E-state index is 0.204. The molecule has 0 fully saturated rings. The van der Waals surface area contributed by atoms with Crippen LogP contribution in [0.4, 0.5) is 0 Å². The summed E-state index contributed by atoms with van der Waals surface area (Å²) in [5.41, 5.74) is 2.24. The lowest BCUT2D eigenvalue weighted by Crippen LogP contribution is -1.92. The summed E-state index contributed by atoms with van der Waals surface area (Å²) in [6.07, 6.45) is 3.37. The van der Waals surface area contributed by atoms with Crippen molar-refractivity contribution in [2.75, 3.05) is 0 Å². The van der Waals surface area contributed by atoms with Gasteiger partial charge in [-0.3, -0.25) is 4.98 Å². The van der Waals surface area contributed by atoms with Crippen molar-refractivity contribution in [2.24, 2.45) is 0 Å². The molecule has 0 saturated carbocycles. The number of hydrogen-bond donors (Lipinski definition) is 0. The third-order valence-corrected chi connectivity index (χ3v) is 3.36. The van der Waals surface area contributed by atoms with E-state index in [4.69, 9.17) is 40.1 Å². The van der Waals surface area contributed by atoms with Gasteiger partial charge in [-0.1, -0.05) is 40.9 Å². The molecule has 0 saturated heterocycles. The SMILES string of the molecule is N#CCc1c(Cl)cncc1-c1ccc(Cl)cc1Cl. The van der Waals surface area contributed by atoms with Crippen molar-refractivity contribution >= 4 is 34.8 Å². The molecule has 5 heteroatoms. The van der Waals surface area contributed by atoms with Crippen molar-refractivity contribution < 1.29 is 0 Å². The maximum Gasteiger partial charge on any atom is 0.0670 e. The normalized spacial score (nSPS) is 10.1. The molecular weight excluding hydrogens is 291 g/mol. The van der Waals surface area contributed by atoms with Crippen molar-refractivity contribution in [2.45, 2.75) is 6.42 Å². The Labute approximate surface area is 120 Å². The fourth-order valence-corrected chi connectivity index (χ4v) is 2.40. The van der Waals surface area contributed by atoms with Crippen LogP contribution >= 0.6 is 34.8 Å². The van der Waals surface area contributed by atoms with Crippen molar-refractivity contribution in [3.8, 4) is 17.2 Å². The van der Waals surface area contributed by atoms with Gasteiger partial charge >= 0.3 is 0 Å². The molecule has 0 unspecified atom stereocenters. The van der Waals surface area contributed by atoms with Gasteiger partial charge in [0.1, 0.15) is 0 Å². The summed E-state index contributed by atoms with van der Waals surface area (Å²) in [5.74, 6) is 0. The first-order valence-corrected chi connectivity index (χ1v) is 6.21. The van der Waals surface area contributed by atoms with E-state index in [2.05, 4.69) is 11.1 Å². The van der Waals surface area contributed by atoms with Crippen molar-refractivity contribution in [3.05, 3.63) is 51.2 Å². The van der Waals surface area contributed by atoms with Crippen LogP contribution in [0.3, 0.4) is 0 Å². The summed E-state index contributed by atoms with van der Waals surface area (Å²) in [4.78, 5) is 4.03. The van der Waals surface area contributed by atoms with E-state index in [1.807, 2.05) is 0 Å². The van der Waals surface area contributed by atoms with E-state index in [0.29, 0.717) is 15.1 Å². The van der Waals surface area contributed by atoms with Crippen LogP contribution in [-0.2, 0) is 6.42 Å². The average molecular weight is 298 g/mol. The highest BCUT2D eigenvalue weighted by Crippen LogP contribution is 2.34. The van der Waals surface area contributed by atoms with Gasteiger partial charge in [0.15, 0.2) is 0 Å². The van der Waals surface area contributed by atoms with E-state index in [1.54, 1.807) is 24.4 Å². The van der Waals surface area contributed by atoms with Crippen LogP contribution in [0.15, 0.2) is 30.6 Å². The minimum Gasteiger partial charge on any atom is -0.263 e. The molecule has 1 aromatic heterocycles. The lowest BCUT2D eigenvalue weighted by atomic mass is 10.0. The zero-order valence-corrected chi connectivity index (χ0v) is 11.4. The van der Waals surface area contributed by atoms with Crippen molar-refractivity contribution in [1.29, 1.82) is 5.26 Å². The number of halogens is 3. The Bertz CT molecular complexity index is 633. The highest BCUT2D eigenvalue weighted by Gasteiger charge is 2.12. The predicted molar refractivity (Wildman–Crippen MR) is 74.0 cm³/mol. The summed E-state index contributed by atoms with van der Waals surface area (Å²) in [6.45, 7) is 0. The van der Waals surface area contributed by atoms with Gasteiger partial charge in [-0.2, -0.15) is 5.26 Å². The molecule has 0 aliphatic rings. The lowest BCUT2D eigenvalue weighted by Gasteiger charge is -2.10. The van der Waals surface area contributed by atoms with E-state index in [1.165, 1.54) is 6.20 Å². The summed E-state index contributed by atoms with van der Waals surface area (Å²) >= 11 is 18.1. The maximum atomic E-state index is 8.85. The van der Waals surface area contributed by atoms with Crippen molar-refractivity contribution in [1.82, 2.24) is 4.98 Å². The molecule has 1 heterocycles. The van der Waals surface area contributed by atoms with Crippen molar-refractivity contribution in [3.63, 3.8) is 0 Å². The van der Waals surface area contributed by atoms with E-state index >= 15 is 0 Å². The number of benzene rings is 1. The summed E-state index contributed by atoms with van der Waals surface area (Å²) < 4.78 is 0. The number of aromatic nitrogens is 1. The Balaban J connectivity index is 2.64. The van der Waals surface area contributed by atoms with Crippen LogP contribution in [0.2, 0.25) is 15.1 Å². The number of pyridine rings is 1. The molecule has 0 aliphatic carbocycles. The third-order valence-electron chi connectivity index (χ3n) is 2.48. The van der Waals surface area contributed by atoms with E-state index in [-0.39, 0.29) is 6.42 Å². The molecule has 0 radical (unpaired) electrons. The highest BCUT2D eigenvalue weighted by molar-refractivity contribution is 6.36. The fourth-order valence-electron chi connectivity index (χ4n) is 1.66. The Morgan fingerprint density at radius 1 is 1.06 bits per heavy atom. The Hall–Kier alpha value is -1.27. The van der Waals surface area contributed by atoms with Crippen LogP contribution < -0.4 is 0 Å². The van der Waals surface area contributed by atoms with Gasteiger partial charge in [-0.05, 0) is 17.7 Å². The molecule has 0 aliphatic heterocycles. The summed E-state index contributed by atoms with van der Waals surface area (Å²) in [7, 11) is 0. The van der Waals surface area contributed by atoms with Gasteiger partial charge in [-0.25, -0.2) is 0 Å². The molecule has 2 rings (SSSR count). The van der Waals surface area contributed by atoms with E-state index in [9.17, 15) is 0 Å². The largest absolute Gasteiger partial charge is 0.263 e. The second-order valence-electron chi connectivity index (χ2n) is 3.61. The summed E-state index contributed by atoms with van der Waals surface area (Å²) in [6, 6.07) is 7.26. The van der Waals surface area contributed by atoms with Crippen LogP contribution in [0, 0.1) is 11.3 Å². The number of nitriles is 1. The number of hydrogen-bond acceptors (Lipinski definition) is 2. The first kappa shape index (κ1) is 13.2. The second-order valence-corrected chi connectivity index (χ2v) is 4.86. The molecule has 18 heavy (non-hydrogen) atoms. The Morgan fingerprint density at radius 2 is 1.83 bits per heavy atom. The van der Waals surface area contributed by atoms with Gasteiger partial charge in [0.25, 0.3) is 0 Å².